The summed E-state index contributed by atoms with van der Waals surface area (Å²) >= 11 is 0. The molecule has 0 bridgehead atoms. The van der Waals surface area contributed by atoms with Crippen LogP contribution < -0.4 is 0 Å². The maximum atomic E-state index is 11.2. The monoisotopic (exact) mass is 252 g/mol. The third-order valence-corrected chi connectivity index (χ3v) is 10.7. The summed E-state index contributed by atoms with van der Waals surface area (Å²) in [6.45, 7) is 0. The Morgan fingerprint density at radius 2 is 1.92 bits per heavy atom. The first-order valence-corrected chi connectivity index (χ1v) is 9.55. The third kappa shape index (κ3) is 2.17. The second-order valence-electron chi connectivity index (χ2n) is 1.95. The van der Waals surface area contributed by atoms with E-state index in [1.807, 2.05) is 18.2 Å². The summed E-state index contributed by atoms with van der Waals surface area (Å²) in [4.78, 5) is 2.34. The first kappa shape index (κ1) is 9.33. The molecule has 0 fully saturated rings. The fourth-order valence-electron chi connectivity index (χ4n) is 0.748. The van der Waals surface area contributed by atoms with Gasteiger partial charge in [0.05, 0.1) is 0 Å². The Balaban J connectivity index is 2.37. The maximum Gasteiger partial charge on any atom is 0.157 e. The van der Waals surface area contributed by atoms with Gasteiger partial charge in [0.15, 0.2) is 8.86 Å². The molecule has 1 aliphatic heterocycles. The lowest BCUT2D eigenvalue weighted by Gasteiger charge is -1.98. The minimum absolute atomic E-state index is 0.843. The van der Waals surface area contributed by atoms with E-state index in [4.69, 9.17) is 0 Å². The minimum atomic E-state index is -0.843. The van der Waals surface area contributed by atoms with Crippen molar-refractivity contribution in [2.75, 3.05) is 0 Å². The van der Waals surface area contributed by atoms with E-state index in [1.54, 1.807) is 20.6 Å². The molecule has 1 aromatic carbocycles. The number of fused-ring (bicyclic) bond motifs is 1. The summed E-state index contributed by atoms with van der Waals surface area (Å²) in [5, 5.41) is 0. The van der Waals surface area contributed by atoms with Gasteiger partial charge in [0.2, 0.25) is 0 Å². The molecule has 1 atom stereocenters. The Bertz CT molecular complexity index is 313. The summed E-state index contributed by atoms with van der Waals surface area (Å²) in [6.07, 6.45) is 0. The Hall–Kier alpha value is 0.770. The number of benzene rings is 1. The molecule has 6 heteroatoms. The van der Waals surface area contributed by atoms with E-state index in [1.165, 1.54) is 25.5 Å². The van der Waals surface area contributed by atoms with Crippen LogP contribution in [0.4, 0.5) is 0 Å². The van der Waals surface area contributed by atoms with Crippen LogP contribution >= 0.6 is 41.2 Å². The van der Waals surface area contributed by atoms with Crippen molar-refractivity contribution in [3.63, 3.8) is 0 Å². The van der Waals surface area contributed by atoms with Crippen LogP contribution in [0.25, 0.3) is 0 Å². The summed E-state index contributed by atoms with van der Waals surface area (Å²) in [5.41, 5.74) is 0. The highest BCUT2D eigenvalue weighted by Crippen LogP contribution is 2.52. The molecular weight excluding hydrogens is 248 g/mol. The van der Waals surface area contributed by atoms with Gasteiger partial charge < -0.3 is 0 Å². The van der Waals surface area contributed by atoms with E-state index in [2.05, 4.69) is 6.07 Å². The number of hydrogen-bond donors (Lipinski definition) is 0. The SMILES string of the molecule is O=S1SSSc2ccccc2S1. The Morgan fingerprint density at radius 3 is 2.75 bits per heavy atom. The van der Waals surface area contributed by atoms with Crippen molar-refractivity contribution in [3.05, 3.63) is 24.3 Å². The van der Waals surface area contributed by atoms with Gasteiger partial charge in [-0.1, -0.05) is 12.1 Å². The lowest BCUT2D eigenvalue weighted by atomic mass is 10.4. The molecule has 0 aliphatic carbocycles. The third-order valence-electron chi connectivity index (χ3n) is 1.21. The zero-order valence-corrected chi connectivity index (χ0v) is 9.84. The average Bonchev–Trinajstić information content (AvgIpc) is 2.25. The van der Waals surface area contributed by atoms with Crippen LogP contribution in [0.5, 0.6) is 0 Å². The standard InChI is InChI=1S/C6H4OS5/c7-12-9-6-4-2-1-3-5(6)8-10-11-12/h1-4H. The molecule has 2 rings (SSSR count). The highest BCUT2D eigenvalue weighted by molar-refractivity contribution is 9.32. The number of rotatable bonds is 0. The molecular formula is C6H4OS5. The molecule has 1 heterocycles. The predicted molar refractivity (Wildman–Crippen MR) is 61.5 cm³/mol. The molecule has 1 unspecified atom stereocenters. The Kier molecular flexibility index (Phi) is 3.36. The van der Waals surface area contributed by atoms with E-state index in [0.717, 1.165) is 4.90 Å². The van der Waals surface area contributed by atoms with Gasteiger partial charge in [-0.25, -0.2) is 4.21 Å². The first-order chi connectivity index (χ1) is 5.86. The lowest BCUT2D eigenvalue weighted by Crippen LogP contribution is -1.74. The van der Waals surface area contributed by atoms with Crippen LogP contribution in [0.15, 0.2) is 34.1 Å². The highest BCUT2D eigenvalue weighted by atomic mass is 33.8. The number of hydrogen-bond acceptors (Lipinski definition) is 5. The molecule has 0 N–H and O–H groups in total. The molecule has 0 saturated heterocycles. The van der Waals surface area contributed by atoms with Crippen molar-refractivity contribution >= 4 is 50.1 Å². The molecule has 0 aromatic heterocycles. The second kappa shape index (κ2) is 4.32. The molecule has 0 amide bonds. The van der Waals surface area contributed by atoms with Crippen molar-refractivity contribution < 1.29 is 4.21 Å². The van der Waals surface area contributed by atoms with Crippen LogP contribution in [0.2, 0.25) is 0 Å². The van der Waals surface area contributed by atoms with Crippen molar-refractivity contribution in [2.45, 2.75) is 9.79 Å². The summed E-state index contributed by atoms with van der Waals surface area (Å²) in [6, 6.07) is 8.05. The predicted octanol–water partition coefficient (Wildman–Crippen LogP) is 3.76. The highest BCUT2D eigenvalue weighted by Gasteiger charge is 2.14. The van der Waals surface area contributed by atoms with Gasteiger partial charge in [-0.05, 0) is 43.5 Å². The average molecular weight is 252 g/mol. The van der Waals surface area contributed by atoms with Gasteiger partial charge in [0.1, 0.15) is 0 Å². The fourth-order valence-corrected chi connectivity index (χ4v) is 10.8. The van der Waals surface area contributed by atoms with Crippen molar-refractivity contribution in [2.24, 2.45) is 0 Å². The molecule has 1 aliphatic rings. The Labute approximate surface area is 87.9 Å². The van der Waals surface area contributed by atoms with Gasteiger partial charge in [-0.2, -0.15) is 0 Å². The summed E-state index contributed by atoms with van der Waals surface area (Å²) in [5.74, 6) is 0. The van der Waals surface area contributed by atoms with Crippen molar-refractivity contribution in [1.82, 2.24) is 0 Å². The van der Waals surface area contributed by atoms with Gasteiger partial charge in [-0.15, -0.1) is 0 Å². The molecule has 12 heavy (non-hydrogen) atoms. The molecule has 0 radical (unpaired) electrons. The van der Waals surface area contributed by atoms with E-state index in [-0.39, 0.29) is 0 Å². The zero-order chi connectivity index (χ0) is 8.39. The Morgan fingerprint density at radius 1 is 1.17 bits per heavy atom. The fraction of sp³-hybridized carbons (Fsp3) is 0. The van der Waals surface area contributed by atoms with Crippen LogP contribution in [-0.2, 0) is 8.86 Å². The van der Waals surface area contributed by atoms with Crippen LogP contribution in [0.3, 0.4) is 0 Å². The quantitative estimate of drug-likeness (QED) is 0.652. The molecule has 64 valence electrons. The van der Waals surface area contributed by atoms with Gasteiger partial charge in [0.25, 0.3) is 0 Å². The zero-order valence-electron chi connectivity index (χ0n) is 5.76. The summed E-state index contributed by atoms with van der Waals surface area (Å²) in [7, 11) is 5.25. The summed E-state index contributed by atoms with van der Waals surface area (Å²) < 4.78 is 11.2. The van der Waals surface area contributed by atoms with Gasteiger partial charge >= 0.3 is 0 Å². The smallest absolute Gasteiger partial charge is 0.157 e. The molecule has 1 aromatic rings. The van der Waals surface area contributed by atoms with Crippen LogP contribution in [-0.4, -0.2) is 4.21 Å². The second-order valence-corrected chi connectivity index (χ2v) is 10.6. The lowest BCUT2D eigenvalue weighted by molar-refractivity contribution is 0.699. The van der Waals surface area contributed by atoms with E-state index < -0.39 is 8.86 Å². The largest absolute Gasteiger partial charge is 0.235 e. The van der Waals surface area contributed by atoms with Gasteiger partial charge in [-0.3, -0.25) is 0 Å². The molecule has 0 spiro atoms. The maximum absolute atomic E-state index is 11.2. The van der Waals surface area contributed by atoms with Crippen LogP contribution in [0, 0.1) is 0 Å². The van der Waals surface area contributed by atoms with Crippen molar-refractivity contribution in [3.8, 4) is 0 Å². The van der Waals surface area contributed by atoms with E-state index >= 15 is 0 Å². The van der Waals surface area contributed by atoms with Crippen molar-refractivity contribution in [1.29, 1.82) is 0 Å². The molecule has 0 saturated carbocycles. The van der Waals surface area contributed by atoms with E-state index in [9.17, 15) is 4.21 Å². The van der Waals surface area contributed by atoms with E-state index in [0.29, 0.717) is 0 Å². The molecule has 1 nitrogen and oxygen atoms in total. The van der Waals surface area contributed by atoms with Gasteiger partial charge in [0, 0.05) is 19.6 Å². The topological polar surface area (TPSA) is 17.1 Å². The van der Waals surface area contributed by atoms with Crippen LogP contribution in [0.1, 0.15) is 0 Å². The normalized spacial score (nSPS) is 22.8. The minimum Gasteiger partial charge on any atom is -0.235 e. The first-order valence-electron chi connectivity index (χ1n) is 3.07.